The number of fused-ring (bicyclic) bond motifs is 1. The van der Waals surface area contributed by atoms with Crippen molar-refractivity contribution in [2.45, 2.75) is 6.92 Å². The van der Waals surface area contributed by atoms with E-state index in [-0.39, 0.29) is 23.8 Å². The summed E-state index contributed by atoms with van der Waals surface area (Å²) in [4.78, 5) is 37.3. The van der Waals surface area contributed by atoms with Crippen LogP contribution in [-0.2, 0) is 19.1 Å². The monoisotopic (exact) mass is 453 g/mol. The van der Waals surface area contributed by atoms with Crippen molar-refractivity contribution in [2.24, 2.45) is 0 Å². The molecule has 2 aromatic heterocycles. The normalized spacial score (nSPS) is 12.2. The minimum Gasteiger partial charge on any atom is -0.488 e. The van der Waals surface area contributed by atoms with Gasteiger partial charge < -0.3 is 23.9 Å². The van der Waals surface area contributed by atoms with Crippen LogP contribution in [0.15, 0.2) is 58.0 Å². The lowest BCUT2D eigenvalue weighted by Crippen LogP contribution is -2.24. The van der Waals surface area contributed by atoms with Crippen LogP contribution < -0.4 is 10.1 Å². The van der Waals surface area contributed by atoms with Gasteiger partial charge in [0, 0.05) is 16.5 Å². The molecule has 1 N–H and O–H groups in total. The van der Waals surface area contributed by atoms with Crippen LogP contribution in [0.3, 0.4) is 0 Å². The van der Waals surface area contributed by atoms with Crippen LogP contribution in [0, 0.1) is 0 Å². The number of furan rings is 1. The predicted octanol–water partition coefficient (Wildman–Crippen LogP) is 4.14. The van der Waals surface area contributed by atoms with Gasteiger partial charge >= 0.3 is 11.9 Å². The summed E-state index contributed by atoms with van der Waals surface area (Å²) in [6.07, 6.45) is 3.16. The largest absolute Gasteiger partial charge is 0.488 e. The number of anilines is 1. The highest BCUT2D eigenvalue weighted by Crippen LogP contribution is 2.36. The molecular weight excluding hydrogens is 434 g/mol. The number of nitrogens with one attached hydrogen (secondary N) is 1. The van der Waals surface area contributed by atoms with E-state index >= 15 is 0 Å². The van der Waals surface area contributed by atoms with Crippen LogP contribution in [0.1, 0.15) is 22.8 Å². The van der Waals surface area contributed by atoms with Gasteiger partial charge in [-0.25, -0.2) is 9.59 Å². The Bertz CT molecular complexity index is 1180. The number of rotatable bonds is 7. The molecule has 0 aliphatic carbocycles. The molecule has 0 unspecified atom stereocenters. The standard InChI is InChI=1S/C23H19NO7S/c1-2-28-23(27)20-16(18-8-5-9-29-18)13-32-21(20)24-19(25)12-31-22(26)15-10-14-6-3-4-7-17(14)30-11-15/h3-10,13H,2,11-12H2,1H3,(H,24,25). The molecule has 32 heavy (non-hydrogen) atoms. The molecule has 0 atom stereocenters. The van der Waals surface area contributed by atoms with Crippen molar-refractivity contribution in [2.75, 3.05) is 25.1 Å². The van der Waals surface area contributed by atoms with Crippen molar-refractivity contribution in [3.63, 3.8) is 0 Å². The molecule has 1 aliphatic rings. The minimum absolute atomic E-state index is 0.0574. The zero-order valence-corrected chi connectivity index (χ0v) is 17.9. The van der Waals surface area contributed by atoms with Crippen molar-refractivity contribution in [1.29, 1.82) is 0 Å². The Hall–Kier alpha value is -3.85. The van der Waals surface area contributed by atoms with Gasteiger partial charge in [0.1, 0.15) is 28.7 Å². The Morgan fingerprint density at radius 1 is 1.09 bits per heavy atom. The number of carbonyl (C=O) groups excluding carboxylic acids is 3. The lowest BCUT2D eigenvalue weighted by Gasteiger charge is -2.16. The van der Waals surface area contributed by atoms with Gasteiger partial charge in [0.05, 0.1) is 18.4 Å². The zero-order chi connectivity index (χ0) is 22.5. The fraction of sp³-hybridized carbons (Fsp3) is 0.174. The summed E-state index contributed by atoms with van der Waals surface area (Å²) in [5, 5.41) is 4.59. The van der Waals surface area contributed by atoms with Gasteiger partial charge in [0.25, 0.3) is 5.91 Å². The smallest absolute Gasteiger partial charge is 0.341 e. The second-order valence-corrected chi connectivity index (χ2v) is 7.55. The van der Waals surface area contributed by atoms with Crippen molar-refractivity contribution in [3.05, 3.63) is 64.7 Å². The van der Waals surface area contributed by atoms with E-state index in [1.54, 1.807) is 36.6 Å². The molecule has 0 radical (unpaired) electrons. The summed E-state index contributed by atoms with van der Waals surface area (Å²) in [6.45, 7) is 1.41. The Morgan fingerprint density at radius 2 is 1.94 bits per heavy atom. The van der Waals surface area contributed by atoms with Crippen LogP contribution >= 0.6 is 11.3 Å². The van der Waals surface area contributed by atoms with Crippen molar-refractivity contribution in [3.8, 4) is 17.1 Å². The highest BCUT2D eigenvalue weighted by molar-refractivity contribution is 7.15. The molecule has 164 valence electrons. The van der Waals surface area contributed by atoms with Crippen LogP contribution in [0.4, 0.5) is 5.00 Å². The average molecular weight is 453 g/mol. The van der Waals surface area contributed by atoms with E-state index in [1.165, 1.54) is 6.26 Å². The van der Waals surface area contributed by atoms with E-state index in [2.05, 4.69) is 5.32 Å². The third-order valence-electron chi connectivity index (χ3n) is 4.54. The molecule has 4 rings (SSSR count). The number of ether oxygens (including phenoxy) is 3. The number of carbonyl (C=O) groups is 3. The van der Waals surface area contributed by atoms with E-state index in [9.17, 15) is 14.4 Å². The third-order valence-corrected chi connectivity index (χ3v) is 5.43. The van der Waals surface area contributed by atoms with E-state index in [0.717, 1.165) is 16.9 Å². The lowest BCUT2D eigenvalue weighted by molar-refractivity contribution is -0.143. The number of para-hydroxylation sites is 1. The Kier molecular flexibility index (Phi) is 6.37. The van der Waals surface area contributed by atoms with Gasteiger partial charge in [-0.15, -0.1) is 11.3 Å². The number of esters is 2. The van der Waals surface area contributed by atoms with Crippen LogP contribution in [0.25, 0.3) is 17.4 Å². The molecule has 1 amide bonds. The molecule has 0 saturated carbocycles. The first-order valence-corrected chi connectivity index (χ1v) is 10.7. The van der Waals surface area contributed by atoms with Crippen LogP contribution in [0.5, 0.6) is 5.75 Å². The molecule has 9 heteroatoms. The number of benzene rings is 1. The minimum atomic E-state index is -0.650. The third kappa shape index (κ3) is 4.57. The molecule has 3 aromatic rings. The molecule has 3 heterocycles. The quantitative estimate of drug-likeness (QED) is 0.536. The van der Waals surface area contributed by atoms with Gasteiger partial charge in [-0.3, -0.25) is 4.79 Å². The molecule has 0 spiro atoms. The average Bonchev–Trinajstić information content (AvgIpc) is 3.47. The topological polar surface area (TPSA) is 104 Å². The number of thiophene rings is 1. The summed E-state index contributed by atoms with van der Waals surface area (Å²) in [5.41, 5.74) is 1.76. The van der Waals surface area contributed by atoms with Crippen LogP contribution in [-0.4, -0.2) is 37.7 Å². The van der Waals surface area contributed by atoms with Crippen molar-refractivity contribution in [1.82, 2.24) is 0 Å². The molecule has 0 bridgehead atoms. The second-order valence-electron chi connectivity index (χ2n) is 6.67. The summed E-state index contributed by atoms with van der Waals surface area (Å²) >= 11 is 1.15. The van der Waals surface area contributed by atoms with Crippen LogP contribution in [0.2, 0.25) is 0 Å². The maximum atomic E-state index is 12.5. The molecule has 1 aliphatic heterocycles. The maximum absolute atomic E-state index is 12.5. The molecule has 1 aromatic carbocycles. The van der Waals surface area contributed by atoms with Gasteiger partial charge in [0.15, 0.2) is 6.61 Å². The van der Waals surface area contributed by atoms with Crippen molar-refractivity contribution >= 4 is 40.3 Å². The van der Waals surface area contributed by atoms with E-state index < -0.39 is 24.5 Å². The highest BCUT2D eigenvalue weighted by atomic mass is 32.1. The Morgan fingerprint density at radius 3 is 2.72 bits per heavy atom. The zero-order valence-electron chi connectivity index (χ0n) is 17.1. The fourth-order valence-electron chi connectivity index (χ4n) is 3.09. The highest BCUT2D eigenvalue weighted by Gasteiger charge is 2.25. The number of hydrogen-bond donors (Lipinski definition) is 1. The summed E-state index contributed by atoms with van der Waals surface area (Å²) < 4.78 is 21.2. The second kappa shape index (κ2) is 9.52. The summed E-state index contributed by atoms with van der Waals surface area (Å²) in [7, 11) is 0. The molecule has 0 saturated heterocycles. The molecular formula is C23H19NO7S. The van der Waals surface area contributed by atoms with E-state index in [1.807, 2.05) is 18.2 Å². The first-order chi connectivity index (χ1) is 15.6. The molecule has 0 fully saturated rings. The lowest BCUT2D eigenvalue weighted by atomic mass is 10.1. The first-order valence-electron chi connectivity index (χ1n) is 9.78. The summed E-state index contributed by atoms with van der Waals surface area (Å²) in [5.74, 6) is -0.674. The van der Waals surface area contributed by atoms with Gasteiger partial charge in [-0.05, 0) is 31.2 Å². The first kappa shape index (κ1) is 21.4. The van der Waals surface area contributed by atoms with Gasteiger partial charge in [0.2, 0.25) is 0 Å². The van der Waals surface area contributed by atoms with Crippen molar-refractivity contribution < 1.29 is 33.0 Å². The maximum Gasteiger partial charge on any atom is 0.341 e. The Labute approximate surface area is 187 Å². The number of amides is 1. The fourth-order valence-corrected chi connectivity index (χ4v) is 4.04. The van der Waals surface area contributed by atoms with E-state index in [4.69, 9.17) is 18.6 Å². The Balaban J connectivity index is 1.43. The SMILES string of the molecule is CCOC(=O)c1c(-c2ccco2)csc1NC(=O)COC(=O)C1=Cc2ccccc2OC1. The van der Waals surface area contributed by atoms with Gasteiger partial charge in [-0.1, -0.05) is 18.2 Å². The summed E-state index contributed by atoms with van der Waals surface area (Å²) in [6, 6.07) is 10.7. The van der Waals surface area contributed by atoms with Gasteiger partial charge in [-0.2, -0.15) is 0 Å². The predicted molar refractivity (Wildman–Crippen MR) is 117 cm³/mol. The molecule has 8 nitrogen and oxygen atoms in total. The van der Waals surface area contributed by atoms with E-state index in [0.29, 0.717) is 22.6 Å². The number of hydrogen-bond acceptors (Lipinski definition) is 8.